The lowest BCUT2D eigenvalue weighted by Gasteiger charge is -2.10. The fourth-order valence-electron chi connectivity index (χ4n) is 1.20. The van der Waals surface area contributed by atoms with Crippen LogP contribution in [0.3, 0.4) is 0 Å². The molecule has 0 aliphatic rings. The molecule has 0 fully saturated rings. The number of sulfonamides is 1. The van der Waals surface area contributed by atoms with Gasteiger partial charge in [0.1, 0.15) is 4.90 Å². The Kier molecular flexibility index (Phi) is 5.71. The summed E-state index contributed by atoms with van der Waals surface area (Å²) < 4.78 is 37.3. The minimum atomic E-state index is -3.66. The van der Waals surface area contributed by atoms with Gasteiger partial charge in [-0.3, -0.25) is 9.19 Å². The van der Waals surface area contributed by atoms with Crippen LogP contribution in [0.2, 0.25) is 5.02 Å². The monoisotopic (exact) mass is 310 g/mol. The molecule has 0 radical (unpaired) electrons. The first-order valence-electron chi connectivity index (χ1n) is 5.26. The molecule has 0 aliphatic heterocycles. The molecule has 2 unspecified atom stereocenters. The maximum Gasteiger partial charge on any atom is 0.243 e. The Hall–Kier alpha value is -0.500. The fourth-order valence-corrected chi connectivity index (χ4v) is 3.13. The van der Waals surface area contributed by atoms with Gasteiger partial charge in [0.15, 0.2) is 0 Å². The van der Waals surface area contributed by atoms with Gasteiger partial charge in [0, 0.05) is 41.2 Å². The predicted molar refractivity (Wildman–Crippen MR) is 72.6 cm³/mol. The highest BCUT2D eigenvalue weighted by atomic mass is 35.5. The summed E-state index contributed by atoms with van der Waals surface area (Å²) in [6.07, 6.45) is 4.72. The molecule has 0 spiro atoms. The van der Waals surface area contributed by atoms with E-state index in [4.69, 9.17) is 11.6 Å². The molecule has 0 bridgehead atoms. The molecule has 8 heteroatoms. The Balaban J connectivity index is 2.67. The quantitative estimate of drug-likeness (QED) is 0.856. The van der Waals surface area contributed by atoms with Gasteiger partial charge < -0.3 is 0 Å². The second-order valence-electron chi connectivity index (χ2n) is 3.80. The van der Waals surface area contributed by atoms with Crippen LogP contribution in [0.5, 0.6) is 0 Å². The Morgan fingerprint density at radius 3 is 2.78 bits per heavy atom. The second kappa shape index (κ2) is 6.60. The first-order chi connectivity index (χ1) is 8.34. The highest BCUT2D eigenvalue weighted by molar-refractivity contribution is 7.89. The van der Waals surface area contributed by atoms with E-state index in [2.05, 4.69) is 9.71 Å². The van der Waals surface area contributed by atoms with Crippen LogP contribution in [0, 0.1) is 0 Å². The Morgan fingerprint density at radius 2 is 2.22 bits per heavy atom. The number of nitrogens with one attached hydrogen (secondary N) is 1. The Labute approximate surface area is 114 Å². The van der Waals surface area contributed by atoms with E-state index in [9.17, 15) is 12.6 Å². The van der Waals surface area contributed by atoms with Crippen molar-refractivity contribution in [3.8, 4) is 0 Å². The highest BCUT2D eigenvalue weighted by Crippen LogP contribution is 2.18. The number of pyridine rings is 1. The van der Waals surface area contributed by atoms with Gasteiger partial charge in [-0.1, -0.05) is 18.5 Å². The van der Waals surface area contributed by atoms with Gasteiger partial charge in [-0.05, 0) is 12.5 Å². The zero-order valence-corrected chi connectivity index (χ0v) is 12.5. The topological polar surface area (TPSA) is 76.1 Å². The average molecular weight is 311 g/mol. The lowest BCUT2D eigenvalue weighted by atomic mass is 10.3. The van der Waals surface area contributed by atoms with E-state index in [0.29, 0.717) is 6.42 Å². The molecule has 5 nitrogen and oxygen atoms in total. The summed E-state index contributed by atoms with van der Waals surface area (Å²) >= 11 is 5.79. The fraction of sp³-hybridized carbons (Fsp3) is 0.500. The van der Waals surface area contributed by atoms with Crippen LogP contribution < -0.4 is 4.72 Å². The highest BCUT2D eigenvalue weighted by Gasteiger charge is 2.18. The number of aromatic nitrogens is 1. The smallest absolute Gasteiger partial charge is 0.243 e. The number of rotatable bonds is 6. The lowest BCUT2D eigenvalue weighted by molar-refractivity contribution is 0.577. The normalized spacial score (nSPS) is 15.3. The molecule has 0 amide bonds. The van der Waals surface area contributed by atoms with Crippen LogP contribution in [0.1, 0.15) is 13.3 Å². The van der Waals surface area contributed by atoms with Crippen molar-refractivity contribution in [3.05, 3.63) is 23.5 Å². The van der Waals surface area contributed by atoms with Crippen LogP contribution in [0.25, 0.3) is 0 Å². The predicted octanol–water partition coefficient (Wildman–Crippen LogP) is 1.17. The van der Waals surface area contributed by atoms with Crippen molar-refractivity contribution in [1.29, 1.82) is 0 Å². The van der Waals surface area contributed by atoms with Gasteiger partial charge >= 0.3 is 0 Å². The molecule has 102 valence electrons. The molecule has 1 aromatic heterocycles. The van der Waals surface area contributed by atoms with Crippen LogP contribution >= 0.6 is 11.6 Å². The average Bonchev–Trinajstić information content (AvgIpc) is 2.28. The van der Waals surface area contributed by atoms with Crippen LogP contribution in [0.15, 0.2) is 23.4 Å². The maximum atomic E-state index is 11.9. The molecular weight excluding hydrogens is 296 g/mol. The van der Waals surface area contributed by atoms with Crippen molar-refractivity contribution in [2.24, 2.45) is 0 Å². The Morgan fingerprint density at radius 1 is 1.56 bits per heavy atom. The summed E-state index contributed by atoms with van der Waals surface area (Å²) in [6, 6.07) is 1.42. The van der Waals surface area contributed by atoms with E-state index in [1.807, 2.05) is 6.92 Å². The van der Waals surface area contributed by atoms with Crippen LogP contribution in [-0.4, -0.2) is 35.7 Å². The number of nitrogens with zero attached hydrogens (tertiary/aromatic N) is 1. The molecule has 1 heterocycles. The van der Waals surface area contributed by atoms with Crippen LogP contribution in [0.4, 0.5) is 0 Å². The summed E-state index contributed by atoms with van der Waals surface area (Å²) in [7, 11) is -4.62. The number of hydrogen-bond acceptors (Lipinski definition) is 4. The summed E-state index contributed by atoms with van der Waals surface area (Å²) in [5.74, 6) is 0. The minimum absolute atomic E-state index is 0.0445. The molecular formula is C10H15ClN2O3S2. The molecule has 1 rings (SSSR count). The molecule has 0 saturated carbocycles. The van der Waals surface area contributed by atoms with Crippen molar-refractivity contribution in [1.82, 2.24) is 9.71 Å². The standard InChI is InChI=1S/C10H15ClN2O3S2/c1-8(17(2)14)3-6-13-18(15,16)10-7-12-5-4-9(10)11/h4-5,7-8,13H,3,6H2,1-2H3. The van der Waals surface area contributed by atoms with Crippen molar-refractivity contribution in [2.45, 2.75) is 23.5 Å². The number of hydrogen-bond donors (Lipinski definition) is 1. The van der Waals surface area contributed by atoms with Crippen LogP contribution in [-0.2, 0) is 20.8 Å². The van der Waals surface area contributed by atoms with Gasteiger partial charge in [-0.25, -0.2) is 13.1 Å². The van der Waals surface area contributed by atoms with Gasteiger partial charge in [-0.2, -0.15) is 0 Å². The first kappa shape index (κ1) is 15.6. The third kappa shape index (κ3) is 4.31. The summed E-state index contributed by atoms with van der Waals surface area (Å²) in [6.45, 7) is 2.02. The van der Waals surface area contributed by atoms with Crippen molar-refractivity contribution < 1.29 is 12.6 Å². The van der Waals surface area contributed by atoms with E-state index in [1.165, 1.54) is 18.5 Å². The van der Waals surface area contributed by atoms with E-state index < -0.39 is 20.8 Å². The second-order valence-corrected chi connectivity index (χ2v) is 7.75. The van der Waals surface area contributed by atoms with Gasteiger partial charge in [0.25, 0.3) is 0 Å². The zero-order valence-electron chi connectivity index (χ0n) is 10.1. The zero-order chi connectivity index (χ0) is 13.8. The third-order valence-electron chi connectivity index (χ3n) is 2.43. The molecule has 0 aliphatic carbocycles. The van der Waals surface area contributed by atoms with E-state index in [0.717, 1.165) is 0 Å². The van der Waals surface area contributed by atoms with E-state index >= 15 is 0 Å². The first-order valence-corrected chi connectivity index (χ1v) is 8.74. The largest absolute Gasteiger partial charge is 0.263 e. The maximum absolute atomic E-state index is 11.9. The summed E-state index contributed by atoms with van der Waals surface area (Å²) in [4.78, 5) is 3.69. The summed E-state index contributed by atoms with van der Waals surface area (Å²) in [5, 5.41) is 0.0710. The molecule has 0 aromatic carbocycles. The third-order valence-corrected chi connectivity index (χ3v) is 5.73. The molecule has 0 saturated heterocycles. The minimum Gasteiger partial charge on any atom is -0.263 e. The molecule has 2 atom stereocenters. The van der Waals surface area contributed by atoms with Gasteiger partial charge in [-0.15, -0.1) is 0 Å². The van der Waals surface area contributed by atoms with Crippen molar-refractivity contribution in [2.75, 3.05) is 12.8 Å². The van der Waals surface area contributed by atoms with Gasteiger partial charge in [0.05, 0.1) is 5.02 Å². The van der Waals surface area contributed by atoms with E-state index in [1.54, 1.807) is 6.26 Å². The van der Waals surface area contributed by atoms with Crippen molar-refractivity contribution >= 4 is 32.4 Å². The lowest BCUT2D eigenvalue weighted by Crippen LogP contribution is -2.28. The molecule has 1 aromatic rings. The molecule has 1 N–H and O–H groups in total. The molecule has 18 heavy (non-hydrogen) atoms. The van der Waals surface area contributed by atoms with E-state index in [-0.39, 0.29) is 21.7 Å². The van der Waals surface area contributed by atoms with Crippen molar-refractivity contribution in [3.63, 3.8) is 0 Å². The SMILES string of the molecule is CC(CCNS(=O)(=O)c1cnccc1Cl)S(C)=O. The number of halogens is 1. The Bertz CT molecular complexity index is 534. The summed E-state index contributed by atoms with van der Waals surface area (Å²) in [5.41, 5.74) is 0. The van der Waals surface area contributed by atoms with Gasteiger partial charge in [0.2, 0.25) is 10.0 Å².